The van der Waals surface area contributed by atoms with Gasteiger partial charge in [-0.1, -0.05) is 6.92 Å². The summed E-state index contributed by atoms with van der Waals surface area (Å²) in [5.74, 6) is 0. The van der Waals surface area contributed by atoms with E-state index in [1.54, 1.807) is 0 Å². The Balaban J connectivity index is 4.71. The molecule has 0 fully saturated rings. The van der Waals surface area contributed by atoms with E-state index in [1.165, 1.54) is 0 Å². The predicted octanol–water partition coefficient (Wildman–Crippen LogP) is 2.74. The third-order valence-corrected chi connectivity index (χ3v) is 4.95. The molecule has 0 aromatic heterocycles. The lowest BCUT2D eigenvalue weighted by molar-refractivity contribution is -0.0788. The summed E-state index contributed by atoms with van der Waals surface area (Å²) in [6.45, 7) is 13.5. The van der Waals surface area contributed by atoms with E-state index in [9.17, 15) is 0 Å². The second-order valence-electron chi connectivity index (χ2n) is 4.01. The van der Waals surface area contributed by atoms with Gasteiger partial charge in [0.05, 0.1) is 5.60 Å². The largest absolute Gasteiger partial charge is 0.680 e. The summed E-state index contributed by atoms with van der Waals surface area (Å²) in [5.41, 5.74) is -0.286. The van der Waals surface area contributed by atoms with E-state index in [0.29, 0.717) is 19.8 Å². The average molecular weight is 250 g/mol. The van der Waals surface area contributed by atoms with Crippen LogP contribution in [0.25, 0.3) is 0 Å². The van der Waals surface area contributed by atoms with Crippen molar-refractivity contribution in [3.8, 4) is 0 Å². The smallest absolute Gasteiger partial charge is 0.351 e. The Hall–Kier alpha value is 0.0569. The first kappa shape index (κ1) is 16.1. The first-order chi connectivity index (χ1) is 7.45. The lowest BCUT2D eigenvalue weighted by Gasteiger charge is -2.34. The van der Waals surface area contributed by atoms with Gasteiger partial charge in [0.25, 0.3) is 0 Å². The zero-order chi connectivity index (χ0) is 12.7. The number of hydrogen-bond acceptors (Lipinski definition) is 4. The highest BCUT2D eigenvalue weighted by molar-refractivity contribution is 6.53. The predicted molar refractivity (Wildman–Crippen MR) is 66.1 cm³/mol. The Morgan fingerprint density at radius 2 is 1.19 bits per heavy atom. The first-order valence-electron chi connectivity index (χ1n) is 6.07. The lowest BCUT2D eigenvalue weighted by Crippen LogP contribution is -2.54. The third-order valence-electron chi connectivity index (χ3n) is 2.22. The Labute approximate surface area is 101 Å². The Morgan fingerprint density at radius 3 is 1.44 bits per heavy atom. The van der Waals surface area contributed by atoms with Gasteiger partial charge in [-0.25, -0.2) is 0 Å². The SMILES string of the molecule is CCO[Si](OCC)(OCC)OC(C)(C)CC. The molecule has 5 heteroatoms. The third kappa shape index (κ3) is 5.40. The molecule has 0 aromatic carbocycles. The van der Waals surface area contributed by atoms with Crippen molar-refractivity contribution in [1.82, 2.24) is 0 Å². The van der Waals surface area contributed by atoms with Crippen molar-refractivity contribution in [2.45, 2.75) is 53.6 Å². The molecule has 0 saturated heterocycles. The van der Waals surface area contributed by atoms with Gasteiger partial charge in [0, 0.05) is 19.8 Å². The molecular weight excluding hydrogens is 224 g/mol. The van der Waals surface area contributed by atoms with Gasteiger partial charge in [-0.3, -0.25) is 0 Å². The van der Waals surface area contributed by atoms with Gasteiger partial charge in [0.1, 0.15) is 0 Å². The second-order valence-corrected chi connectivity index (χ2v) is 6.08. The van der Waals surface area contributed by atoms with Gasteiger partial charge in [-0.15, -0.1) is 0 Å². The molecule has 98 valence electrons. The van der Waals surface area contributed by atoms with E-state index in [4.69, 9.17) is 17.7 Å². The highest BCUT2D eigenvalue weighted by Crippen LogP contribution is 2.23. The molecule has 0 aliphatic heterocycles. The van der Waals surface area contributed by atoms with Gasteiger partial charge in [-0.2, -0.15) is 0 Å². The molecule has 16 heavy (non-hydrogen) atoms. The van der Waals surface area contributed by atoms with Crippen LogP contribution in [-0.4, -0.2) is 34.5 Å². The summed E-state index contributed by atoms with van der Waals surface area (Å²) >= 11 is 0. The van der Waals surface area contributed by atoms with Crippen molar-refractivity contribution >= 4 is 9.05 Å². The van der Waals surface area contributed by atoms with Crippen LogP contribution in [0.4, 0.5) is 0 Å². The van der Waals surface area contributed by atoms with Crippen LogP contribution in [0.1, 0.15) is 48.0 Å². The molecule has 0 unspecified atom stereocenters. The quantitative estimate of drug-likeness (QED) is 0.590. The molecular formula is C11H26O4Si. The van der Waals surface area contributed by atoms with Crippen molar-refractivity contribution < 1.29 is 17.7 Å². The molecule has 0 atom stereocenters. The minimum absolute atomic E-state index is 0.286. The molecule has 0 saturated carbocycles. The van der Waals surface area contributed by atoms with Gasteiger partial charge in [-0.05, 0) is 41.0 Å². The van der Waals surface area contributed by atoms with Crippen LogP contribution in [0.3, 0.4) is 0 Å². The number of hydrogen-bond donors (Lipinski definition) is 0. The minimum Gasteiger partial charge on any atom is -0.351 e. The van der Waals surface area contributed by atoms with Crippen LogP contribution < -0.4 is 0 Å². The van der Waals surface area contributed by atoms with E-state index in [0.717, 1.165) is 6.42 Å². The fourth-order valence-electron chi connectivity index (χ4n) is 1.15. The topological polar surface area (TPSA) is 36.9 Å². The molecule has 0 amide bonds. The molecule has 0 aliphatic carbocycles. The van der Waals surface area contributed by atoms with Gasteiger partial charge >= 0.3 is 9.05 Å². The Morgan fingerprint density at radius 1 is 0.812 bits per heavy atom. The first-order valence-corrected chi connectivity index (χ1v) is 7.70. The molecule has 0 N–H and O–H groups in total. The molecule has 0 radical (unpaired) electrons. The molecule has 0 heterocycles. The Kier molecular flexibility index (Phi) is 7.42. The zero-order valence-corrected chi connectivity index (χ0v) is 12.5. The summed E-state index contributed by atoms with van der Waals surface area (Å²) in [4.78, 5) is 0. The normalized spacial score (nSPS) is 13.1. The maximum Gasteiger partial charge on any atom is 0.680 e. The van der Waals surface area contributed by atoms with Crippen molar-refractivity contribution in [3.05, 3.63) is 0 Å². The number of rotatable bonds is 9. The summed E-state index contributed by atoms with van der Waals surface area (Å²) in [6.07, 6.45) is 0.884. The van der Waals surface area contributed by atoms with E-state index in [1.807, 2.05) is 34.6 Å². The Bertz CT molecular complexity index is 168. The van der Waals surface area contributed by atoms with Crippen molar-refractivity contribution in [2.24, 2.45) is 0 Å². The van der Waals surface area contributed by atoms with Crippen molar-refractivity contribution in [1.29, 1.82) is 0 Å². The van der Waals surface area contributed by atoms with Crippen LogP contribution in [0.5, 0.6) is 0 Å². The molecule has 4 nitrogen and oxygen atoms in total. The van der Waals surface area contributed by atoms with Crippen LogP contribution in [-0.2, 0) is 17.7 Å². The highest BCUT2D eigenvalue weighted by atomic mass is 28.4. The second kappa shape index (κ2) is 7.40. The van der Waals surface area contributed by atoms with E-state index in [2.05, 4.69) is 6.92 Å². The fraction of sp³-hybridized carbons (Fsp3) is 1.00. The molecule has 0 rings (SSSR count). The van der Waals surface area contributed by atoms with Crippen LogP contribution >= 0.6 is 0 Å². The van der Waals surface area contributed by atoms with Crippen LogP contribution in [0.2, 0.25) is 0 Å². The molecule has 0 aliphatic rings. The molecule has 0 aromatic rings. The maximum atomic E-state index is 5.97. The zero-order valence-electron chi connectivity index (χ0n) is 11.5. The molecule has 0 spiro atoms. The van der Waals surface area contributed by atoms with E-state index in [-0.39, 0.29) is 5.60 Å². The molecule has 0 bridgehead atoms. The fourth-order valence-corrected chi connectivity index (χ4v) is 3.46. The lowest BCUT2D eigenvalue weighted by atomic mass is 10.1. The standard InChI is InChI=1S/C11H26O4Si/c1-7-11(5,6)15-16(12-8-2,13-9-3)14-10-4/h7-10H2,1-6H3. The van der Waals surface area contributed by atoms with Crippen molar-refractivity contribution in [2.75, 3.05) is 19.8 Å². The van der Waals surface area contributed by atoms with Gasteiger partial charge in [0.15, 0.2) is 0 Å². The van der Waals surface area contributed by atoms with Crippen LogP contribution in [0.15, 0.2) is 0 Å². The van der Waals surface area contributed by atoms with Crippen LogP contribution in [0, 0.1) is 0 Å². The maximum absolute atomic E-state index is 5.97. The monoisotopic (exact) mass is 250 g/mol. The van der Waals surface area contributed by atoms with E-state index >= 15 is 0 Å². The van der Waals surface area contributed by atoms with Gasteiger partial charge < -0.3 is 17.7 Å². The highest BCUT2D eigenvalue weighted by Gasteiger charge is 2.48. The van der Waals surface area contributed by atoms with E-state index < -0.39 is 9.05 Å². The minimum atomic E-state index is -2.95. The van der Waals surface area contributed by atoms with Gasteiger partial charge in [0.2, 0.25) is 0 Å². The summed E-state index contributed by atoms with van der Waals surface area (Å²) in [6, 6.07) is 0. The summed E-state index contributed by atoms with van der Waals surface area (Å²) in [7, 11) is -2.95. The van der Waals surface area contributed by atoms with Crippen molar-refractivity contribution in [3.63, 3.8) is 0 Å². The summed E-state index contributed by atoms with van der Waals surface area (Å²) < 4.78 is 22.8. The summed E-state index contributed by atoms with van der Waals surface area (Å²) in [5, 5.41) is 0. The average Bonchev–Trinajstić information content (AvgIpc) is 2.18.